The van der Waals surface area contributed by atoms with Crippen LogP contribution in [-0.4, -0.2) is 6.61 Å². The molecule has 137 valence electrons. The Morgan fingerprint density at radius 1 is 0.583 bits per heavy atom. The molecule has 0 bridgehead atoms. The van der Waals surface area contributed by atoms with Gasteiger partial charge in [0.15, 0.2) is 23.3 Å². The van der Waals surface area contributed by atoms with Gasteiger partial charge < -0.3 is 4.74 Å². The molecule has 0 atom stereocenters. The minimum absolute atomic E-state index is 0.223. The van der Waals surface area contributed by atoms with Gasteiger partial charge in [0.2, 0.25) is 5.82 Å². The predicted molar refractivity (Wildman–Crippen MR) is 82.8 cm³/mol. The van der Waals surface area contributed by atoms with Crippen LogP contribution in [0.1, 0.15) is 63.4 Å². The first-order valence-corrected chi connectivity index (χ1v) is 8.38. The first kappa shape index (κ1) is 20.9. The molecule has 0 aliphatic heterocycles. The molecule has 0 fully saturated rings. The maximum absolute atomic E-state index is 13.4. The second kappa shape index (κ2) is 11.4. The van der Waals surface area contributed by atoms with Gasteiger partial charge in [0.1, 0.15) is 0 Å². The second-order valence-corrected chi connectivity index (χ2v) is 5.78. The number of unbranched alkanes of at least 4 members (excludes halogenated alkanes) is 8. The molecule has 0 N–H and O–H groups in total. The third-order valence-corrected chi connectivity index (χ3v) is 3.84. The lowest BCUT2D eigenvalue weighted by Crippen LogP contribution is -2.09. The molecule has 1 nitrogen and oxygen atoms in total. The van der Waals surface area contributed by atoms with E-state index in [2.05, 4.69) is 6.92 Å². The topological polar surface area (TPSA) is 9.23 Å². The van der Waals surface area contributed by atoms with Crippen molar-refractivity contribution in [1.29, 1.82) is 0 Å². The highest BCUT2D eigenvalue weighted by Crippen LogP contribution is 2.23. The molecule has 0 saturated heterocycles. The number of hydrogen-bond acceptors (Lipinski definition) is 1. The maximum atomic E-state index is 13.4. The van der Waals surface area contributed by atoms with Crippen molar-refractivity contribution in [1.82, 2.24) is 0 Å². The van der Waals surface area contributed by atoms with Crippen LogP contribution in [-0.2, 0) is 11.3 Å². The van der Waals surface area contributed by atoms with Crippen LogP contribution in [0.4, 0.5) is 22.0 Å². The molecular formula is C18H24F5O. The van der Waals surface area contributed by atoms with Crippen LogP contribution in [0.5, 0.6) is 0 Å². The van der Waals surface area contributed by atoms with E-state index in [9.17, 15) is 22.0 Å². The molecule has 6 heteroatoms. The Labute approximate surface area is 140 Å². The highest BCUT2D eigenvalue weighted by molar-refractivity contribution is 5.23. The molecule has 0 saturated carbocycles. The Kier molecular flexibility index (Phi) is 9.91. The lowest BCUT2D eigenvalue weighted by atomic mass is 10.1. The van der Waals surface area contributed by atoms with Gasteiger partial charge in [0.25, 0.3) is 0 Å². The number of rotatable bonds is 12. The summed E-state index contributed by atoms with van der Waals surface area (Å²) in [6.45, 7) is 3.38. The summed E-state index contributed by atoms with van der Waals surface area (Å²) in [5.41, 5.74) is -0.920. The van der Waals surface area contributed by atoms with Gasteiger partial charge in [0, 0.05) is 6.61 Å². The van der Waals surface area contributed by atoms with E-state index in [-0.39, 0.29) is 6.61 Å². The van der Waals surface area contributed by atoms with Gasteiger partial charge in [-0.3, -0.25) is 0 Å². The van der Waals surface area contributed by atoms with Gasteiger partial charge in [-0.15, -0.1) is 0 Å². The van der Waals surface area contributed by atoms with Crippen molar-refractivity contribution in [3.63, 3.8) is 0 Å². The third kappa shape index (κ3) is 6.38. The predicted octanol–water partition coefficient (Wildman–Crippen LogP) is 6.24. The highest BCUT2D eigenvalue weighted by atomic mass is 19.2. The molecule has 1 aromatic rings. The quantitative estimate of drug-likeness (QED) is 0.187. The van der Waals surface area contributed by atoms with Crippen LogP contribution in [0.2, 0.25) is 0 Å². The number of hydrogen-bond donors (Lipinski definition) is 0. The van der Waals surface area contributed by atoms with E-state index in [4.69, 9.17) is 4.74 Å². The van der Waals surface area contributed by atoms with Gasteiger partial charge in [-0.05, 0) is 6.42 Å². The normalized spacial score (nSPS) is 11.2. The van der Waals surface area contributed by atoms with Crippen molar-refractivity contribution in [2.75, 3.05) is 6.61 Å². The van der Waals surface area contributed by atoms with Gasteiger partial charge in [0.05, 0.1) is 12.2 Å². The van der Waals surface area contributed by atoms with E-state index in [0.29, 0.717) is 6.42 Å². The Hall–Kier alpha value is -1.17. The molecule has 1 rings (SSSR count). The molecule has 1 radical (unpaired) electrons. The summed E-state index contributed by atoms with van der Waals surface area (Å²) in [4.78, 5) is 0. The summed E-state index contributed by atoms with van der Waals surface area (Å²) in [6.07, 6.45) is 9.46. The first-order valence-electron chi connectivity index (χ1n) is 8.38. The second-order valence-electron chi connectivity index (χ2n) is 5.78. The largest absolute Gasteiger partial charge is 0.377 e. The maximum Gasteiger partial charge on any atom is 0.200 e. The minimum Gasteiger partial charge on any atom is -0.377 e. The summed E-state index contributed by atoms with van der Waals surface area (Å²) in [5.74, 6) is -9.68. The van der Waals surface area contributed by atoms with Crippen molar-refractivity contribution in [3.8, 4) is 0 Å². The van der Waals surface area contributed by atoms with Crippen LogP contribution >= 0.6 is 0 Å². The number of halogens is 5. The van der Waals surface area contributed by atoms with Crippen LogP contribution < -0.4 is 0 Å². The summed E-state index contributed by atoms with van der Waals surface area (Å²) >= 11 is 0. The van der Waals surface area contributed by atoms with E-state index in [1.165, 1.54) is 19.3 Å². The lowest BCUT2D eigenvalue weighted by Gasteiger charge is -2.09. The van der Waals surface area contributed by atoms with Crippen LogP contribution in [0, 0.1) is 36.0 Å². The molecule has 0 aromatic heterocycles. The fraction of sp³-hybridized carbons (Fsp3) is 0.611. The van der Waals surface area contributed by atoms with Crippen molar-refractivity contribution in [2.45, 2.75) is 64.4 Å². The molecule has 0 heterocycles. The fourth-order valence-corrected chi connectivity index (χ4v) is 2.39. The Morgan fingerprint density at radius 3 is 1.50 bits per heavy atom. The average Bonchev–Trinajstić information content (AvgIpc) is 2.58. The van der Waals surface area contributed by atoms with Crippen molar-refractivity contribution >= 4 is 0 Å². The zero-order valence-corrected chi connectivity index (χ0v) is 13.8. The molecule has 0 amide bonds. The van der Waals surface area contributed by atoms with Crippen LogP contribution in [0.3, 0.4) is 0 Å². The van der Waals surface area contributed by atoms with E-state index < -0.39 is 41.3 Å². The van der Waals surface area contributed by atoms with Crippen LogP contribution in [0.25, 0.3) is 0 Å². The van der Waals surface area contributed by atoms with E-state index in [1.54, 1.807) is 0 Å². The van der Waals surface area contributed by atoms with E-state index in [1.807, 2.05) is 0 Å². The summed E-state index contributed by atoms with van der Waals surface area (Å²) in [7, 11) is 0. The number of benzene rings is 1. The van der Waals surface area contributed by atoms with Gasteiger partial charge >= 0.3 is 0 Å². The Bertz CT molecular complexity index is 476. The summed E-state index contributed by atoms with van der Waals surface area (Å²) in [6, 6.07) is 0. The molecule has 1 aromatic carbocycles. The third-order valence-electron chi connectivity index (χ3n) is 3.84. The SMILES string of the molecule is [CH2]CCCCCCCCCCOCc1c(F)c(F)c(F)c(F)c1F. The smallest absolute Gasteiger partial charge is 0.200 e. The fourth-order valence-electron chi connectivity index (χ4n) is 2.39. The zero-order valence-electron chi connectivity index (χ0n) is 13.8. The van der Waals surface area contributed by atoms with Gasteiger partial charge in [-0.25, -0.2) is 22.0 Å². The highest BCUT2D eigenvalue weighted by Gasteiger charge is 2.25. The first-order chi connectivity index (χ1) is 11.5. The zero-order chi connectivity index (χ0) is 17.9. The van der Waals surface area contributed by atoms with Crippen molar-refractivity contribution in [3.05, 3.63) is 41.6 Å². The van der Waals surface area contributed by atoms with Crippen LogP contribution in [0.15, 0.2) is 0 Å². The van der Waals surface area contributed by atoms with Crippen molar-refractivity contribution in [2.24, 2.45) is 0 Å². The van der Waals surface area contributed by atoms with Crippen molar-refractivity contribution < 1.29 is 26.7 Å². The average molecular weight is 351 g/mol. The molecule has 0 aliphatic carbocycles. The minimum atomic E-state index is -2.15. The molecule has 0 unspecified atom stereocenters. The van der Waals surface area contributed by atoms with Gasteiger partial charge in [-0.1, -0.05) is 58.3 Å². The standard InChI is InChI=1S/C18H24F5O/c1-2-3-4-5-6-7-8-9-10-11-24-12-13-14(19)16(21)18(23)17(22)15(13)20/h1-12H2. The van der Waals surface area contributed by atoms with E-state index in [0.717, 1.165) is 32.1 Å². The molecule has 24 heavy (non-hydrogen) atoms. The molecular weight excluding hydrogens is 327 g/mol. The Morgan fingerprint density at radius 2 is 1.00 bits per heavy atom. The molecule has 0 spiro atoms. The Balaban J connectivity index is 2.20. The summed E-state index contributed by atoms with van der Waals surface area (Å²) in [5, 5.41) is 0. The van der Waals surface area contributed by atoms with Gasteiger partial charge in [-0.2, -0.15) is 0 Å². The lowest BCUT2D eigenvalue weighted by molar-refractivity contribution is 0.110. The molecule has 0 aliphatic rings. The van der Waals surface area contributed by atoms with E-state index >= 15 is 0 Å². The number of ether oxygens (including phenoxy) is 1. The summed E-state index contributed by atoms with van der Waals surface area (Å²) < 4.78 is 70.8. The monoisotopic (exact) mass is 351 g/mol.